The van der Waals surface area contributed by atoms with E-state index < -0.39 is 5.97 Å². The molecule has 0 aliphatic heterocycles. The van der Waals surface area contributed by atoms with Crippen molar-refractivity contribution in [2.45, 2.75) is 51.0 Å². The normalized spacial score (nSPS) is 30.6. The summed E-state index contributed by atoms with van der Waals surface area (Å²) >= 11 is 0. The van der Waals surface area contributed by atoms with Gasteiger partial charge in [-0.2, -0.15) is 0 Å². The minimum atomic E-state index is -0.616. The van der Waals surface area contributed by atoms with Crippen molar-refractivity contribution in [1.29, 1.82) is 0 Å². The molecule has 0 aromatic carbocycles. The Bertz CT molecular complexity index is 248. The first-order valence-electron chi connectivity index (χ1n) is 6.61. The third-order valence-electron chi connectivity index (χ3n) is 4.25. The smallest absolute Gasteiger partial charge is 0.308 e. The lowest BCUT2D eigenvalue weighted by molar-refractivity contribution is -0.138. The molecule has 2 aliphatic rings. The summed E-state index contributed by atoms with van der Waals surface area (Å²) in [6.07, 6.45) is 9.11. The van der Waals surface area contributed by atoms with Crippen molar-refractivity contribution in [3.05, 3.63) is 0 Å². The topological polar surface area (TPSA) is 40.5 Å². The highest BCUT2D eigenvalue weighted by Gasteiger charge is 2.45. The van der Waals surface area contributed by atoms with Crippen LogP contribution in [0.1, 0.15) is 44.9 Å². The van der Waals surface area contributed by atoms with E-state index in [1.54, 1.807) is 0 Å². The molecule has 0 spiro atoms. The fraction of sp³-hybridized carbons (Fsp3) is 0.923. The molecule has 1 N–H and O–H groups in total. The number of nitrogens with zero attached hydrogens (tertiary/aromatic N) is 1. The average Bonchev–Trinajstić information content (AvgIpc) is 3.07. The molecule has 0 amide bonds. The predicted molar refractivity (Wildman–Crippen MR) is 63.4 cm³/mol. The third kappa shape index (κ3) is 2.97. The molecular formula is C13H23NO2. The van der Waals surface area contributed by atoms with Crippen molar-refractivity contribution in [3.63, 3.8) is 0 Å². The van der Waals surface area contributed by atoms with E-state index in [4.69, 9.17) is 5.11 Å². The summed E-state index contributed by atoms with van der Waals surface area (Å²) in [5.74, 6) is 0.198. The molecule has 2 unspecified atom stereocenters. The van der Waals surface area contributed by atoms with Crippen LogP contribution in [0.5, 0.6) is 0 Å². The summed E-state index contributed by atoms with van der Waals surface area (Å²) in [6.45, 7) is 1.08. The molecule has 2 saturated carbocycles. The Morgan fingerprint density at radius 2 is 2.00 bits per heavy atom. The maximum Gasteiger partial charge on any atom is 0.308 e. The summed E-state index contributed by atoms with van der Waals surface area (Å²) in [6, 6.07) is 0.320. The lowest BCUT2D eigenvalue weighted by Gasteiger charge is -2.24. The van der Waals surface area contributed by atoms with E-state index in [1.165, 1.54) is 38.5 Å². The van der Waals surface area contributed by atoms with Gasteiger partial charge in [-0.25, -0.2) is 0 Å². The summed E-state index contributed by atoms with van der Waals surface area (Å²) in [7, 11) is 2.08. The highest BCUT2D eigenvalue weighted by atomic mass is 16.4. The predicted octanol–water partition coefficient (Wildman–Crippen LogP) is 2.36. The van der Waals surface area contributed by atoms with Gasteiger partial charge in [-0.05, 0) is 32.4 Å². The van der Waals surface area contributed by atoms with Crippen LogP contribution in [-0.4, -0.2) is 35.6 Å². The lowest BCUT2D eigenvalue weighted by Crippen LogP contribution is -2.27. The fourth-order valence-electron chi connectivity index (χ4n) is 2.96. The van der Waals surface area contributed by atoms with Gasteiger partial charge < -0.3 is 10.0 Å². The second-order valence-electron chi connectivity index (χ2n) is 5.52. The lowest BCUT2D eigenvalue weighted by atomic mass is 9.87. The minimum Gasteiger partial charge on any atom is -0.481 e. The second kappa shape index (κ2) is 5.17. The van der Waals surface area contributed by atoms with Crippen molar-refractivity contribution in [3.8, 4) is 0 Å². The zero-order valence-corrected chi connectivity index (χ0v) is 10.2. The maximum absolute atomic E-state index is 10.8. The van der Waals surface area contributed by atoms with Gasteiger partial charge in [-0.15, -0.1) is 0 Å². The van der Waals surface area contributed by atoms with Crippen molar-refractivity contribution in [2.24, 2.45) is 11.8 Å². The van der Waals surface area contributed by atoms with Crippen LogP contribution in [0.3, 0.4) is 0 Å². The van der Waals surface area contributed by atoms with Gasteiger partial charge in [0.1, 0.15) is 0 Å². The van der Waals surface area contributed by atoms with Crippen LogP contribution < -0.4 is 0 Å². The van der Waals surface area contributed by atoms with E-state index >= 15 is 0 Å². The molecule has 16 heavy (non-hydrogen) atoms. The molecule has 2 rings (SSSR count). The highest BCUT2D eigenvalue weighted by Crippen LogP contribution is 2.35. The van der Waals surface area contributed by atoms with Gasteiger partial charge in [0, 0.05) is 6.04 Å². The Balaban J connectivity index is 1.64. The molecule has 0 aromatic rings. The Kier molecular flexibility index (Phi) is 3.85. The molecule has 0 radical (unpaired) electrons. The van der Waals surface area contributed by atoms with Gasteiger partial charge >= 0.3 is 5.97 Å². The van der Waals surface area contributed by atoms with Crippen LogP contribution in [-0.2, 0) is 4.79 Å². The molecule has 0 saturated heterocycles. The number of carboxylic acids is 1. The van der Waals surface area contributed by atoms with Crippen LogP contribution in [0.4, 0.5) is 0 Å². The molecule has 3 heteroatoms. The van der Waals surface area contributed by atoms with Gasteiger partial charge in [0.15, 0.2) is 0 Å². The Morgan fingerprint density at radius 3 is 2.56 bits per heavy atom. The zero-order valence-electron chi connectivity index (χ0n) is 10.2. The molecule has 3 nitrogen and oxygen atoms in total. The first-order chi connectivity index (χ1) is 7.68. The molecule has 2 aliphatic carbocycles. The molecular weight excluding hydrogens is 202 g/mol. The minimum absolute atomic E-state index is 0.0867. The first-order valence-corrected chi connectivity index (χ1v) is 6.61. The highest BCUT2D eigenvalue weighted by molar-refractivity contribution is 5.74. The Labute approximate surface area is 97.8 Å². The van der Waals surface area contributed by atoms with Crippen LogP contribution in [0.2, 0.25) is 0 Å². The number of aliphatic carboxylic acids is 1. The van der Waals surface area contributed by atoms with Gasteiger partial charge in [-0.1, -0.05) is 32.1 Å². The van der Waals surface area contributed by atoms with Crippen molar-refractivity contribution in [1.82, 2.24) is 4.90 Å². The van der Waals surface area contributed by atoms with Crippen LogP contribution in [0.15, 0.2) is 0 Å². The standard InChI is InChI=1S/C13H23NO2/c1-14(12-9-11(12)13(15)16)8-7-10-5-3-2-4-6-10/h10-12H,2-9H2,1H3,(H,15,16). The van der Waals surface area contributed by atoms with Gasteiger partial charge in [0.05, 0.1) is 5.92 Å². The summed E-state index contributed by atoms with van der Waals surface area (Å²) in [4.78, 5) is 13.0. The van der Waals surface area contributed by atoms with Gasteiger partial charge in [0.2, 0.25) is 0 Å². The third-order valence-corrected chi connectivity index (χ3v) is 4.25. The average molecular weight is 225 g/mol. The molecule has 2 atom stereocenters. The Hall–Kier alpha value is -0.570. The quantitative estimate of drug-likeness (QED) is 0.781. The molecule has 2 fully saturated rings. The van der Waals surface area contributed by atoms with Crippen molar-refractivity contribution >= 4 is 5.97 Å². The van der Waals surface area contributed by atoms with E-state index in [-0.39, 0.29) is 5.92 Å². The monoisotopic (exact) mass is 225 g/mol. The number of rotatable bonds is 5. The number of carbonyl (C=O) groups is 1. The van der Waals surface area contributed by atoms with E-state index in [2.05, 4.69) is 11.9 Å². The van der Waals surface area contributed by atoms with Crippen molar-refractivity contribution in [2.75, 3.05) is 13.6 Å². The molecule has 0 aromatic heterocycles. The molecule has 0 heterocycles. The summed E-state index contributed by atoms with van der Waals surface area (Å²) in [5, 5.41) is 8.86. The fourth-order valence-corrected chi connectivity index (χ4v) is 2.96. The van der Waals surface area contributed by atoms with E-state index in [0.29, 0.717) is 6.04 Å². The molecule has 92 valence electrons. The van der Waals surface area contributed by atoms with Crippen molar-refractivity contribution < 1.29 is 9.90 Å². The number of hydrogen-bond acceptors (Lipinski definition) is 2. The van der Waals surface area contributed by atoms with Crippen LogP contribution >= 0.6 is 0 Å². The SMILES string of the molecule is CN(CCC1CCCCC1)C1CC1C(=O)O. The second-order valence-corrected chi connectivity index (χ2v) is 5.52. The van der Waals surface area contributed by atoms with Crippen LogP contribution in [0, 0.1) is 11.8 Å². The Morgan fingerprint density at radius 1 is 1.31 bits per heavy atom. The van der Waals surface area contributed by atoms with Crippen LogP contribution in [0.25, 0.3) is 0 Å². The number of carboxylic acid groups (broad SMARTS) is 1. The largest absolute Gasteiger partial charge is 0.481 e. The van der Waals surface area contributed by atoms with E-state index in [1.807, 2.05) is 0 Å². The maximum atomic E-state index is 10.8. The van der Waals surface area contributed by atoms with E-state index in [0.717, 1.165) is 18.9 Å². The summed E-state index contributed by atoms with van der Waals surface area (Å²) < 4.78 is 0. The molecule has 0 bridgehead atoms. The zero-order chi connectivity index (χ0) is 11.5. The van der Waals surface area contributed by atoms with Gasteiger partial charge in [-0.3, -0.25) is 4.79 Å². The summed E-state index contributed by atoms with van der Waals surface area (Å²) in [5.41, 5.74) is 0. The first kappa shape index (κ1) is 11.9. The van der Waals surface area contributed by atoms with E-state index in [9.17, 15) is 4.79 Å². The number of hydrogen-bond donors (Lipinski definition) is 1. The van der Waals surface area contributed by atoms with Gasteiger partial charge in [0.25, 0.3) is 0 Å².